The van der Waals surface area contributed by atoms with Crippen LogP contribution < -0.4 is 4.72 Å². The Kier molecular flexibility index (Phi) is 6.59. The van der Waals surface area contributed by atoms with Gasteiger partial charge in [-0.05, 0) is 44.9 Å². The van der Waals surface area contributed by atoms with Gasteiger partial charge < -0.3 is 9.64 Å². The Balaban J connectivity index is 1.84. The summed E-state index contributed by atoms with van der Waals surface area (Å²) in [5.41, 5.74) is 1.72. The number of aromatic nitrogens is 2. The number of hydrogen-bond donors (Lipinski definition) is 1. The second kappa shape index (κ2) is 8.96. The summed E-state index contributed by atoms with van der Waals surface area (Å²) in [5, 5.41) is 4.62. The Morgan fingerprint density at radius 2 is 2.00 bits per heavy atom. The third-order valence-corrected chi connectivity index (χ3v) is 5.53. The van der Waals surface area contributed by atoms with E-state index in [1.165, 1.54) is 0 Å². The van der Waals surface area contributed by atoms with Gasteiger partial charge in [0.05, 0.1) is 29.8 Å². The minimum absolute atomic E-state index is 0.247. The summed E-state index contributed by atoms with van der Waals surface area (Å²) >= 11 is 0. The molecule has 0 unspecified atom stereocenters. The van der Waals surface area contributed by atoms with Crippen molar-refractivity contribution in [1.29, 1.82) is 0 Å². The number of carbonyl (C=O) groups is 1. The average Bonchev–Trinajstić information content (AvgIpc) is 3.10. The van der Waals surface area contributed by atoms with Crippen molar-refractivity contribution >= 4 is 16.1 Å². The van der Waals surface area contributed by atoms with Crippen molar-refractivity contribution in [2.24, 2.45) is 0 Å². The number of benzene rings is 1. The Morgan fingerprint density at radius 3 is 2.66 bits per heavy atom. The molecular weight excluding hydrogens is 392 g/mol. The third-order valence-electron chi connectivity index (χ3n) is 4.80. The molecule has 158 valence electrons. The maximum atomic E-state index is 12.6. The lowest BCUT2D eigenvalue weighted by Gasteiger charge is -2.40. The first kappa shape index (κ1) is 21.3. The first-order valence-electron chi connectivity index (χ1n) is 9.77. The number of sulfonamides is 1. The van der Waals surface area contributed by atoms with Gasteiger partial charge >= 0.3 is 6.09 Å². The van der Waals surface area contributed by atoms with Gasteiger partial charge in [-0.15, -0.1) is 0 Å². The van der Waals surface area contributed by atoms with Gasteiger partial charge in [-0.3, -0.25) is 0 Å². The summed E-state index contributed by atoms with van der Waals surface area (Å²) in [6, 6.07) is 10.9. The van der Waals surface area contributed by atoms with E-state index in [9.17, 15) is 13.2 Å². The van der Waals surface area contributed by atoms with Crippen LogP contribution in [-0.4, -0.2) is 60.2 Å². The molecule has 2 atom stereocenters. The van der Waals surface area contributed by atoms with Crippen LogP contribution in [0.25, 0.3) is 5.69 Å². The molecule has 1 fully saturated rings. The van der Waals surface area contributed by atoms with Crippen LogP contribution in [0.15, 0.2) is 42.6 Å². The van der Waals surface area contributed by atoms with Crippen LogP contribution in [0.4, 0.5) is 4.79 Å². The van der Waals surface area contributed by atoms with E-state index in [4.69, 9.17) is 4.74 Å². The molecule has 3 rings (SSSR count). The molecule has 1 aliphatic heterocycles. The van der Waals surface area contributed by atoms with Crippen LogP contribution in [0, 0.1) is 0 Å². The normalized spacial score (nSPS) is 20.1. The number of para-hydroxylation sites is 1. The highest BCUT2D eigenvalue weighted by atomic mass is 32.2. The largest absolute Gasteiger partial charge is 0.447 e. The minimum Gasteiger partial charge on any atom is -0.447 e. The van der Waals surface area contributed by atoms with Crippen LogP contribution in [-0.2, 0) is 21.2 Å². The predicted octanol–water partition coefficient (Wildman–Crippen LogP) is 2.34. The summed E-state index contributed by atoms with van der Waals surface area (Å²) in [6.45, 7) is 4.12. The number of rotatable bonds is 6. The summed E-state index contributed by atoms with van der Waals surface area (Å²) < 4.78 is 33.6. The molecular formula is C20H28N4O4S. The quantitative estimate of drug-likeness (QED) is 0.774. The van der Waals surface area contributed by atoms with E-state index in [1.54, 1.807) is 23.4 Å². The lowest BCUT2D eigenvalue weighted by Crippen LogP contribution is -2.58. The number of nitrogens with zero attached hydrogens (tertiary/aromatic N) is 3. The van der Waals surface area contributed by atoms with Crippen LogP contribution >= 0.6 is 0 Å². The second-order valence-electron chi connectivity index (χ2n) is 7.62. The van der Waals surface area contributed by atoms with Crippen molar-refractivity contribution < 1.29 is 17.9 Å². The molecule has 2 aromatic rings. The number of hydrogen-bond acceptors (Lipinski definition) is 5. The van der Waals surface area contributed by atoms with Gasteiger partial charge in [-0.1, -0.05) is 18.2 Å². The number of ether oxygens (including phenoxy) is 1. The van der Waals surface area contributed by atoms with E-state index < -0.39 is 16.1 Å². The summed E-state index contributed by atoms with van der Waals surface area (Å²) in [7, 11) is -3.41. The topological polar surface area (TPSA) is 93.5 Å². The number of piperidine rings is 1. The van der Waals surface area contributed by atoms with Gasteiger partial charge in [0.25, 0.3) is 0 Å². The molecule has 8 nitrogen and oxygen atoms in total. The van der Waals surface area contributed by atoms with E-state index in [2.05, 4.69) is 9.82 Å². The first-order chi connectivity index (χ1) is 13.7. The lowest BCUT2D eigenvalue weighted by atomic mass is 9.93. The third kappa shape index (κ3) is 5.80. The molecule has 2 heterocycles. The summed E-state index contributed by atoms with van der Waals surface area (Å²) in [6.07, 6.45) is 4.12. The van der Waals surface area contributed by atoms with E-state index in [-0.39, 0.29) is 18.2 Å². The zero-order valence-corrected chi connectivity index (χ0v) is 17.8. The maximum absolute atomic E-state index is 12.6. The average molecular weight is 421 g/mol. The fourth-order valence-corrected chi connectivity index (χ4v) is 4.45. The lowest BCUT2D eigenvalue weighted by molar-refractivity contribution is 0.0459. The molecule has 0 saturated carbocycles. The molecule has 1 N–H and O–H groups in total. The second-order valence-corrected chi connectivity index (χ2v) is 9.40. The molecule has 29 heavy (non-hydrogen) atoms. The molecule has 0 aliphatic carbocycles. The molecule has 0 radical (unpaired) electrons. The zero-order chi connectivity index (χ0) is 21.0. The molecule has 0 spiro atoms. The Morgan fingerprint density at radius 1 is 1.28 bits per heavy atom. The fraction of sp³-hybridized carbons (Fsp3) is 0.500. The molecule has 9 heteroatoms. The van der Waals surface area contributed by atoms with Crippen molar-refractivity contribution in [3.63, 3.8) is 0 Å². The van der Waals surface area contributed by atoms with Crippen molar-refractivity contribution in [3.05, 3.63) is 48.3 Å². The zero-order valence-electron chi connectivity index (χ0n) is 17.0. The highest BCUT2D eigenvalue weighted by Gasteiger charge is 2.37. The molecule has 1 amide bonds. The minimum atomic E-state index is -3.41. The Bertz CT molecular complexity index is 927. The Labute approximate surface area is 171 Å². The number of nitrogens with one attached hydrogen (secondary N) is 1. The number of carbonyl (C=O) groups excluding carboxylic acids is 1. The highest BCUT2D eigenvalue weighted by molar-refractivity contribution is 7.88. The van der Waals surface area contributed by atoms with Crippen LogP contribution in [0.3, 0.4) is 0 Å². The number of amides is 1. The van der Waals surface area contributed by atoms with Crippen molar-refractivity contribution in [1.82, 2.24) is 19.4 Å². The first-order valence-corrected chi connectivity index (χ1v) is 11.7. The summed E-state index contributed by atoms with van der Waals surface area (Å²) in [4.78, 5) is 14.3. The smallest absolute Gasteiger partial charge is 0.410 e. The van der Waals surface area contributed by atoms with Crippen LogP contribution in [0.2, 0.25) is 0 Å². The van der Waals surface area contributed by atoms with Crippen molar-refractivity contribution in [2.45, 2.75) is 51.3 Å². The van der Waals surface area contributed by atoms with Crippen molar-refractivity contribution in [2.75, 3.05) is 12.8 Å². The molecule has 1 aliphatic rings. The number of likely N-dealkylation sites (tertiary alicyclic amines) is 1. The molecule has 0 bridgehead atoms. The molecule has 1 aromatic heterocycles. The van der Waals surface area contributed by atoms with Gasteiger partial charge in [0.15, 0.2) is 0 Å². The van der Waals surface area contributed by atoms with E-state index in [1.807, 2.05) is 42.6 Å². The van der Waals surface area contributed by atoms with Crippen molar-refractivity contribution in [3.8, 4) is 5.69 Å². The van der Waals surface area contributed by atoms with E-state index >= 15 is 0 Å². The SMILES string of the molecule is CC(C)OC(=O)N1CCC[C@@H](NS(C)(=O)=O)[C@H]1Cc1ccn(-c2ccccc2)n1. The van der Waals surface area contributed by atoms with Gasteiger partial charge in [-0.25, -0.2) is 22.6 Å². The molecule has 1 aromatic carbocycles. The Hall–Kier alpha value is -2.39. The summed E-state index contributed by atoms with van der Waals surface area (Å²) in [5.74, 6) is 0. The van der Waals surface area contributed by atoms with Gasteiger partial charge in [-0.2, -0.15) is 5.10 Å². The van der Waals surface area contributed by atoms with Gasteiger partial charge in [0.2, 0.25) is 10.0 Å². The monoisotopic (exact) mass is 420 g/mol. The van der Waals surface area contributed by atoms with E-state index in [0.717, 1.165) is 17.6 Å². The van der Waals surface area contributed by atoms with Crippen LogP contribution in [0.5, 0.6) is 0 Å². The predicted molar refractivity (Wildman–Crippen MR) is 110 cm³/mol. The van der Waals surface area contributed by atoms with Crippen LogP contribution in [0.1, 0.15) is 32.4 Å². The van der Waals surface area contributed by atoms with Gasteiger partial charge in [0.1, 0.15) is 0 Å². The highest BCUT2D eigenvalue weighted by Crippen LogP contribution is 2.23. The van der Waals surface area contributed by atoms with Gasteiger partial charge in [0, 0.05) is 25.2 Å². The fourth-order valence-electron chi connectivity index (χ4n) is 3.63. The maximum Gasteiger partial charge on any atom is 0.410 e. The van der Waals surface area contributed by atoms with E-state index in [0.29, 0.717) is 25.8 Å². The molecule has 1 saturated heterocycles. The standard InChI is InChI=1S/C20H28N4O4S/c1-15(2)28-20(25)23-12-7-10-18(22-29(3,26)27)19(23)14-16-11-13-24(21-16)17-8-5-4-6-9-17/h4-6,8-9,11,13,15,18-19,22H,7,10,12,14H2,1-3H3/t18-,19-/m1/s1.